The number of amides is 2. The van der Waals surface area contributed by atoms with Crippen molar-refractivity contribution in [3.63, 3.8) is 0 Å². The van der Waals surface area contributed by atoms with Gasteiger partial charge in [-0.05, 0) is 27.7 Å². The van der Waals surface area contributed by atoms with E-state index >= 15 is 0 Å². The van der Waals surface area contributed by atoms with E-state index in [4.69, 9.17) is 0 Å². The van der Waals surface area contributed by atoms with Crippen molar-refractivity contribution < 1.29 is 14.3 Å². The molecule has 0 saturated heterocycles. The molecule has 7 heteroatoms. The van der Waals surface area contributed by atoms with Gasteiger partial charge in [0.15, 0.2) is 0 Å². The van der Waals surface area contributed by atoms with Crippen molar-refractivity contribution in [1.82, 2.24) is 20.4 Å². The summed E-state index contributed by atoms with van der Waals surface area (Å²) in [5.41, 5.74) is 2.95. The molecule has 0 spiro atoms. The van der Waals surface area contributed by atoms with Crippen molar-refractivity contribution in [3.8, 4) is 0 Å². The Kier molecular flexibility index (Phi) is 5.54. The zero-order chi connectivity index (χ0) is 15.3. The summed E-state index contributed by atoms with van der Waals surface area (Å²) in [7, 11) is 1.26. The average molecular weight is 282 g/mol. The largest absolute Gasteiger partial charge is 0.453 e. The Morgan fingerprint density at radius 2 is 2.05 bits per heavy atom. The Morgan fingerprint density at radius 3 is 2.55 bits per heavy atom. The molecule has 1 rings (SSSR count). The molecule has 0 aliphatic rings. The molecule has 1 atom stereocenters. The van der Waals surface area contributed by atoms with E-state index < -0.39 is 12.1 Å². The van der Waals surface area contributed by atoms with Crippen LogP contribution in [0.15, 0.2) is 0 Å². The van der Waals surface area contributed by atoms with E-state index in [1.807, 2.05) is 25.5 Å². The summed E-state index contributed by atoms with van der Waals surface area (Å²) in [6, 6.07) is -0.649. The van der Waals surface area contributed by atoms with E-state index in [9.17, 15) is 9.59 Å². The smallest absolute Gasteiger partial charge is 0.407 e. The van der Waals surface area contributed by atoms with Crippen LogP contribution in [0.4, 0.5) is 4.79 Å². The fourth-order valence-corrected chi connectivity index (χ4v) is 1.93. The molecule has 0 radical (unpaired) electrons. The average Bonchev–Trinajstić information content (AvgIpc) is 2.70. The Morgan fingerprint density at radius 1 is 1.40 bits per heavy atom. The molecule has 1 aromatic rings. The standard InChI is InChI=1S/C13H22N4O3/c1-6-17-10(4)11(8(2)16-17)7-14-12(18)9(3)15-13(19)20-5/h9H,6-7H2,1-5H3,(H,14,18)(H,15,19)/t9-/m1/s1. The molecule has 1 heterocycles. The van der Waals surface area contributed by atoms with Crippen LogP contribution in [0.5, 0.6) is 0 Å². The second kappa shape index (κ2) is 6.93. The highest BCUT2D eigenvalue weighted by molar-refractivity contribution is 5.85. The van der Waals surface area contributed by atoms with Gasteiger partial charge in [0.2, 0.25) is 5.91 Å². The van der Waals surface area contributed by atoms with Crippen LogP contribution >= 0.6 is 0 Å². The predicted molar refractivity (Wildman–Crippen MR) is 74.2 cm³/mol. The number of ether oxygens (including phenoxy) is 1. The van der Waals surface area contributed by atoms with Crippen LogP contribution in [0.2, 0.25) is 0 Å². The van der Waals surface area contributed by atoms with Gasteiger partial charge in [-0.25, -0.2) is 4.79 Å². The Balaban J connectivity index is 2.61. The third kappa shape index (κ3) is 3.72. The molecule has 2 amide bonds. The van der Waals surface area contributed by atoms with Crippen molar-refractivity contribution in [3.05, 3.63) is 17.0 Å². The monoisotopic (exact) mass is 282 g/mol. The van der Waals surface area contributed by atoms with Gasteiger partial charge in [-0.15, -0.1) is 0 Å². The molecular formula is C13H22N4O3. The van der Waals surface area contributed by atoms with Crippen molar-refractivity contribution in [2.75, 3.05) is 7.11 Å². The van der Waals surface area contributed by atoms with E-state index in [0.717, 1.165) is 23.5 Å². The summed E-state index contributed by atoms with van der Waals surface area (Å²) in [6.07, 6.45) is -0.626. The lowest BCUT2D eigenvalue weighted by molar-refractivity contribution is -0.122. The van der Waals surface area contributed by atoms with Crippen LogP contribution in [0.25, 0.3) is 0 Å². The third-order valence-corrected chi connectivity index (χ3v) is 3.18. The highest BCUT2D eigenvalue weighted by Crippen LogP contribution is 2.12. The first-order valence-corrected chi connectivity index (χ1v) is 6.55. The maximum atomic E-state index is 11.9. The van der Waals surface area contributed by atoms with Gasteiger partial charge >= 0.3 is 6.09 Å². The maximum absolute atomic E-state index is 11.9. The minimum Gasteiger partial charge on any atom is -0.453 e. The van der Waals surface area contributed by atoms with Gasteiger partial charge in [0, 0.05) is 24.3 Å². The van der Waals surface area contributed by atoms with E-state index in [-0.39, 0.29) is 5.91 Å². The van der Waals surface area contributed by atoms with Crippen molar-refractivity contribution >= 4 is 12.0 Å². The molecule has 0 aliphatic heterocycles. The van der Waals surface area contributed by atoms with Gasteiger partial charge in [0.05, 0.1) is 12.8 Å². The lowest BCUT2D eigenvalue weighted by Crippen LogP contribution is -2.44. The quantitative estimate of drug-likeness (QED) is 0.839. The van der Waals surface area contributed by atoms with Gasteiger partial charge in [0.25, 0.3) is 0 Å². The van der Waals surface area contributed by atoms with Gasteiger partial charge in [-0.3, -0.25) is 9.48 Å². The number of methoxy groups -OCH3 is 1. The fraction of sp³-hybridized carbons (Fsp3) is 0.615. The van der Waals surface area contributed by atoms with E-state index in [1.165, 1.54) is 7.11 Å². The number of nitrogens with zero attached hydrogens (tertiary/aromatic N) is 2. The molecule has 1 aromatic heterocycles. The van der Waals surface area contributed by atoms with Gasteiger partial charge < -0.3 is 15.4 Å². The first kappa shape index (κ1) is 16.0. The summed E-state index contributed by atoms with van der Waals surface area (Å²) in [5.74, 6) is -0.265. The Bertz CT molecular complexity index is 496. The van der Waals surface area contributed by atoms with Crippen molar-refractivity contribution in [2.24, 2.45) is 0 Å². The van der Waals surface area contributed by atoms with Crippen LogP contribution in [0.1, 0.15) is 30.8 Å². The zero-order valence-electron chi connectivity index (χ0n) is 12.6. The molecular weight excluding hydrogens is 260 g/mol. The van der Waals surface area contributed by atoms with Gasteiger partial charge in [-0.1, -0.05) is 0 Å². The van der Waals surface area contributed by atoms with Crippen LogP contribution in [-0.4, -0.2) is 34.9 Å². The second-order valence-electron chi connectivity index (χ2n) is 4.54. The second-order valence-corrected chi connectivity index (χ2v) is 4.54. The summed E-state index contributed by atoms with van der Waals surface area (Å²) in [5, 5.41) is 9.59. The number of aryl methyl sites for hydroxylation is 2. The van der Waals surface area contributed by atoms with Crippen LogP contribution in [-0.2, 0) is 22.6 Å². The van der Waals surface area contributed by atoms with Gasteiger partial charge in [0.1, 0.15) is 6.04 Å². The Hall–Kier alpha value is -2.05. The summed E-state index contributed by atoms with van der Waals surface area (Å²) >= 11 is 0. The number of hydrogen-bond acceptors (Lipinski definition) is 4. The van der Waals surface area contributed by atoms with Crippen molar-refractivity contribution in [2.45, 2.75) is 46.8 Å². The molecule has 0 aliphatic carbocycles. The molecule has 0 saturated carbocycles. The normalized spacial score (nSPS) is 11.8. The number of carbonyl (C=O) groups excluding carboxylic acids is 2. The fourth-order valence-electron chi connectivity index (χ4n) is 1.93. The van der Waals surface area contributed by atoms with Crippen LogP contribution in [0.3, 0.4) is 0 Å². The topological polar surface area (TPSA) is 85.3 Å². The van der Waals surface area contributed by atoms with Crippen molar-refractivity contribution in [1.29, 1.82) is 0 Å². The molecule has 0 fully saturated rings. The number of nitrogens with one attached hydrogen (secondary N) is 2. The molecule has 20 heavy (non-hydrogen) atoms. The van der Waals surface area contributed by atoms with Crippen LogP contribution < -0.4 is 10.6 Å². The van der Waals surface area contributed by atoms with E-state index in [2.05, 4.69) is 20.5 Å². The molecule has 112 valence electrons. The predicted octanol–water partition coefficient (Wildman–Crippen LogP) is 0.881. The minimum absolute atomic E-state index is 0.265. The number of alkyl carbamates (subject to hydrolysis) is 1. The molecule has 0 aromatic carbocycles. The minimum atomic E-state index is -0.649. The summed E-state index contributed by atoms with van der Waals surface area (Å²) in [4.78, 5) is 22.9. The maximum Gasteiger partial charge on any atom is 0.407 e. The number of hydrogen-bond donors (Lipinski definition) is 2. The lowest BCUT2D eigenvalue weighted by Gasteiger charge is -2.13. The molecule has 0 unspecified atom stereocenters. The number of rotatable bonds is 5. The zero-order valence-corrected chi connectivity index (χ0v) is 12.6. The summed E-state index contributed by atoms with van der Waals surface area (Å²) < 4.78 is 6.34. The number of carbonyl (C=O) groups is 2. The lowest BCUT2D eigenvalue weighted by atomic mass is 10.2. The van der Waals surface area contributed by atoms with Crippen LogP contribution in [0, 0.1) is 13.8 Å². The third-order valence-electron chi connectivity index (χ3n) is 3.18. The molecule has 2 N–H and O–H groups in total. The first-order valence-electron chi connectivity index (χ1n) is 6.55. The van der Waals surface area contributed by atoms with E-state index in [1.54, 1.807) is 6.92 Å². The summed E-state index contributed by atoms with van der Waals surface area (Å²) in [6.45, 7) is 8.69. The highest BCUT2D eigenvalue weighted by Gasteiger charge is 2.17. The first-order chi connectivity index (χ1) is 9.40. The molecule has 7 nitrogen and oxygen atoms in total. The van der Waals surface area contributed by atoms with E-state index in [0.29, 0.717) is 6.54 Å². The Labute approximate surface area is 118 Å². The highest BCUT2D eigenvalue weighted by atomic mass is 16.5. The molecule has 0 bridgehead atoms. The SMILES string of the molecule is CCn1nc(C)c(CNC(=O)[C@@H](C)NC(=O)OC)c1C. The number of aromatic nitrogens is 2. The van der Waals surface area contributed by atoms with Gasteiger partial charge in [-0.2, -0.15) is 5.10 Å².